The molecule has 1 aliphatic heterocycles. The summed E-state index contributed by atoms with van der Waals surface area (Å²) in [5, 5.41) is 1.33. The van der Waals surface area contributed by atoms with E-state index in [9.17, 15) is 4.79 Å². The van der Waals surface area contributed by atoms with Gasteiger partial charge < -0.3 is 4.79 Å². The molecule has 1 rings (SSSR count). The van der Waals surface area contributed by atoms with E-state index in [1.165, 1.54) is 18.9 Å². The highest BCUT2D eigenvalue weighted by atomic mass is 33.2. The van der Waals surface area contributed by atoms with Crippen LogP contribution in [0.25, 0.3) is 0 Å². The Morgan fingerprint density at radius 2 is 1.57 bits per heavy atom. The van der Waals surface area contributed by atoms with Crippen molar-refractivity contribution in [1.82, 2.24) is 0 Å². The van der Waals surface area contributed by atoms with Crippen LogP contribution in [0.15, 0.2) is 0 Å². The Hall–Kier alpha value is 0.370. The average molecular weight is 136 g/mol. The molecule has 7 heavy (non-hydrogen) atoms. The first-order chi connectivity index (χ1) is 3.23. The minimum Gasteiger partial charge on any atom is -0.300 e. The SMILES string of the molecule is C1SS1.CC(C)=O. The lowest BCUT2D eigenvalue weighted by Gasteiger charge is -1.56. The summed E-state index contributed by atoms with van der Waals surface area (Å²) < 4.78 is 0. The van der Waals surface area contributed by atoms with Crippen LogP contribution in [-0.2, 0) is 4.79 Å². The molecule has 0 bridgehead atoms. The topological polar surface area (TPSA) is 17.1 Å². The Morgan fingerprint density at radius 1 is 1.43 bits per heavy atom. The summed E-state index contributed by atoms with van der Waals surface area (Å²) in [6, 6.07) is 0. The van der Waals surface area contributed by atoms with Crippen molar-refractivity contribution in [1.29, 1.82) is 0 Å². The van der Waals surface area contributed by atoms with Gasteiger partial charge in [-0.2, -0.15) is 0 Å². The van der Waals surface area contributed by atoms with Gasteiger partial charge in [0.05, 0.1) is 5.08 Å². The number of carbonyl (C=O) groups is 1. The number of ketones is 1. The van der Waals surface area contributed by atoms with Crippen LogP contribution in [0.5, 0.6) is 0 Å². The fraction of sp³-hybridized carbons (Fsp3) is 0.750. The Labute approximate surface area is 51.6 Å². The van der Waals surface area contributed by atoms with Gasteiger partial charge in [-0.25, -0.2) is 0 Å². The van der Waals surface area contributed by atoms with Crippen LogP contribution >= 0.6 is 21.6 Å². The van der Waals surface area contributed by atoms with Crippen molar-refractivity contribution >= 4 is 27.4 Å². The van der Waals surface area contributed by atoms with Gasteiger partial charge in [-0.15, -0.1) is 0 Å². The lowest BCUT2D eigenvalue weighted by Crippen LogP contribution is -1.69. The molecular weight excluding hydrogens is 128 g/mol. The molecule has 0 saturated carbocycles. The molecule has 0 amide bonds. The van der Waals surface area contributed by atoms with Crippen LogP contribution in [0, 0.1) is 0 Å². The van der Waals surface area contributed by atoms with E-state index in [0.29, 0.717) is 0 Å². The third-order valence-corrected chi connectivity index (χ3v) is 1.06. The quantitative estimate of drug-likeness (QED) is 0.374. The zero-order valence-corrected chi connectivity index (χ0v) is 6.06. The number of hydrogen-bond donors (Lipinski definition) is 0. The van der Waals surface area contributed by atoms with Crippen molar-refractivity contribution in [3.8, 4) is 0 Å². The number of rotatable bonds is 0. The molecule has 1 aliphatic rings. The lowest BCUT2D eigenvalue weighted by molar-refractivity contribution is -0.114. The number of Topliss-reactive ketones (excluding diaryl/α,β-unsaturated/α-hetero) is 1. The van der Waals surface area contributed by atoms with E-state index in [2.05, 4.69) is 0 Å². The lowest BCUT2D eigenvalue weighted by atomic mass is 10.6. The highest BCUT2D eigenvalue weighted by Crippen LogP contribution is 2.41. The summed E-state index contributed by atoms with van der Waals surface area (Å²) in [5.41, 5.74) is 0. The zero-order valence-electron chi connectivity index (χ0n) is 4.43. The maximum atomic E-state index is 9.44. The van der Waals surface area contributed by atoms with Gasteiger partial charge in [0.25, 0.3) is 0 Å². The first-order valence-electron chi connectivity index (χ1n) is 1.95. The van der Waals surface area contributed by atoms with Crippen LogP contribution in [0.3, 0.4) is 0 Å². The Kier molecular flexibility index (Phi) is 4.77. The largest absolute Gasteiger partial charge is 0.300 e. The van der Waals surface area contributed by atoms with Crippen molar-refractivity contribution in [2.75, 3.05) is 5.08 Å². The molecule has 0 atom stereocenters. The number of hydrogen-bond acceptors (Lipinski definition) is 3. The second kappa shape index (κ2) is 4.53. The van der Waals surface area contributed by atoms with E-state index in [1.54, 1.807) is 0 Å². The van der Waals surface area contributed by atoms with E-state index in [-0.39, 0.29) is 5.78 Å². The first-order valence-corrected chi connectivity index (χ1v) is 4.44. The third-order valence-electron chi connectivity index (χ3n) is 0.118. The van der Waals surface area contributed by atoms with Gasteiger partial charge in [0.1, 0.15) is 5.78 Å². The van der Waals surface area contributed by atoms with Crippen molar-refractivity contribution in [2.24, 2.45) is 0 Å². The monoisotopic (exact) mass is 136 g/mol. The molecular formula is C4H8OS2. The molecule has 0 aromatic carbocycles. The van der Waals surface area contributed by atoms with Gasteiger partial charge in [-0.3, -0.25) is 0 Å². The Balaban J connectivity index is 0.000000105. The summed E-state index contributed by atoms with van der Waals surface area (Å²) in [4.78, 5) is 9.44. The second-order valence-electron chi connectivity index (χ2n) is 1.26. The molecule has 0 unspecified atom stereocenters. The van der Waals surface area contributed by atoms with Gasteiger partial charge in [0.2, 0.25) is 0 Å². The van der Waals surface area contributed by atoms with E-state index >= 15 is 0 Å². The summed E-state index contributed by atoms with van der Waals surface area (Å²) >= 11 is 0. The van der Waals surface area contributed by atoms with Crippen LogP contribution in [0.1, 0.15) is 13.8 Å². The van der Waals surface area contributed by atoms with Gasteiger partial charge in [0.15, 0.2) is 0 Å². The molecule has 0 N–H and O–H groups in total. The fourth-order valence-electron chi connectivity index (χ4n) is 0. The third kappa shape index (κ3) is 64.8. The summed E-state index contributed by atoms with van der Waals surface area (Å²) in [6.45, 7) is 3.06. The predicted molar refractivity (Wildman–Crippen MR) is 36.4 cm³/mol. The van der Waals surface area contributed by atoms with E-state index in [0.717, 1.165) is 0 Å². The van der Waals surface area contributed by atoms with E-state index < -0.39 is 0 Å². The molecule has 1 heterocycles. The normalized spacial score (nSPS) is 14.0. The molecule has 0 aromatic heterocycles. The fourth-order valence-corrected chi connectivity index (χ4v) is 0. The van der Waals surface area contributed by atoms with Gasteiger partial charge in [-0.1, -0.05) is 21.6 Å². The number of carbonyl (C=O) groups excluding carboxylic acids is 1. The maximum absolute atomic E-state index is 9.44. The molecule has 0 aromatic rings. The van der Waals surface area contributed by atoms with Gasteiger partial charge >= 0.3 is 0 Å². The molecule has 0 radical (unpaired) electrons. The molecule has 0 spiro atoms. The van der Waals surface area contributed by atoms with Crippen molar-refractivity contribution < 1.29 is 4.79 Å². The molecule has 1 fully saturated rings. The van der Waals surface area contributed by atoms with Crippen LogP contribution in [0.4, 0.5) is 0 Å². The van der Waals surface area contributed by atoms with Crippen molar-refractivity contribution in [2.45, 2.75) is 13.8 Å². The highest BCUT2D eigenvalue weighted by molar-refractivity contribution is 8.92. The molecule has 1 nitrogen and oxygen atoms in total. The van der Waals surface area contributed by atoms with E-state index in [4.69, 9.17) is 0 Å². The molecule has 0 aliphatic carbocycles. The Bertz CT molecular complexity index is 54.0. The Morgan fingerprint density at radius 3 is 1.57 bits per heavy atom. The predicted octanol–water partition coefficient (Wildman–Crippen LogP) is 1.93. The first kappa shape index (κ1) is 7.37. The summed E-state index contributed by atoms with van der Waals surface area (Å²) in [7, 11) is 3.83. The van der Waals surface area contributed by atoms with Crippen molar-refractivity contribution in [3.63, 3.8) is 0 Å². The second-order valence-corrected chi connectivity index (χ2v) is 4.09. The van der Waals surface area contributed by atoms with Crippen LogP contribution < -0.4 is 0 Å². The summed E-state index contributed by atoms with van der Waals surface area (Å²) in [5.74, 6) is 0.167. The standard InChI is InChI=1S/C3H6O.CH2S2/c1-3(2)4;1-2-3-1/h1-2H3;1H2. The van der Waals surface area contributed by atoms with E-state index in [1.807, 2.05) is 21.6 Å². The van der Waals surface area contributed by atoms with Crippen molar-refractivity contribution in [3.05, 3.63) is 0 Å². The average Bonchev–Trinajstić information content (AvgIpc) is 2.02. The van der Waals surface area contributed by atoms with Crippen LogP contribution in [-0.4, -0.2) is 10.9 Å². The molecule has 1 saturated heterocycles. The molecule has 42 valence electrons. The maximum Gasteiger partial charge on any atom is 0.126 e. The zero-order chi connectivity index (χ0) is 5.70. The minimum absolute atomic E-state index is 0.167. The van der Waals surface area contributed by atoms with Crippen LogP contribution in [0.2, 0.25) is 0 Å². The smallest absolute Gasteiger partial charge is 0.126 e. The molecule has 3 heteroatoms. The highest BCUT2D eigenvalue weighted by Gasteiger charge is 1.97. The minimum atomic E-state index is 0.167. The van der Waals surface area contributed by atoms with Gasteiger partial charge in [0, 0.05) is 0 Å². The van der Waals surface area contributed by atoms with Gasteiger partial charge in [-0.05, 0) is 13.8 Å². The summed E-state index contributed by atoms with van der Waals surface area (Å²) in [6.07, 6.45) is 0.